The number of carbonyl (C=O) groups is 1. The van der Waals surface area contributed by atoms with E-state index in [0.717, 1.165) is 28.8 Å². The van der Waals surface area contributed by atoms with Crippen molar-refractivity contribution in [2.24, 2.45) is 0 Å². The molecule has 0 N–H and O–H groups in total. The highest BCUT2D eigenvalue weighted by Gasteiger charge is 2.36. The monoisotopic (exact) mass is 433 g/mol. The van der Waals surface area contributed by atoms with Gasteiger partial charge in [0, 0.05) is 6.08 Å². The molecule has 1 saturated heterocycles. The van der Waals surface area contributed by atoms with E-state index >= 15 is 0 Å². The van der Waals surface area contributed by atoms with Crippen molar-refractivity contribution in [2.45, 2.75) is 6.18 Å². The standard InChI is InChI=1S/C15H7BrF3NO2S2/c16-12-5-4-10(22-12)7-11-13(21)20(14(23)24-11)9-3-1-2-8(6-9)15(17,18)19/h1-7H/b11-7+. The van der Waals surface area contributed by atoms with E-state index in [0.29, 0.717) is 10.4 Å². The van der Waals surface area contributed by atoms with E-state index in [1.165, 1.54) is 18.2 Å². The molecule has 24 heavy (non-hydrogen) atoms. The van der Waals surface area contributed by atoms with Gasteiger partial charge in [-0.2, -0.15) is 13.2 Å². The van der Waals surface area contributed by atoms with E-state index in [1.54, 1.807) is 12.1 Å². The third kappa shape index (κ3) is 3.42. The van der Waals surface area contributed by atoms with Crippen LogP contribution in [0.5, 0.6) is 0 Å². The number of hydrogen-bond donors (Lipinski definition) is 0. The maximum Gasteiger partial charge on any atom is 0.416 e. The van der Waals surface area contributed by atoms with Crippen LogP contribution in [-0.2, 0) is 11.0 Å². The van der Waals surface area contributed by atoms with Gasteiger partial charge in [-0.1, -0.05) is 30.0 Å². The van der Waals surface area contributed by atoms with Gasteiger partial charge < -0.3 is 4.42 Å². The van der Waals surface area contributed by atoms with Crippen LogP contribution in [0, 0.1) is 0 Å². The summed E-state index contributed by atoms with van der Waals surface area (Å²) in [5, 5.41) is 0. The highest BCUT2D eigenvalue weighted by molar-refractivity contribution is 9.10. The maximum absolute atomic E-state index is 12.8. The molecule has 1 aromatic heterocycles. The summed E-state index contributed by atoms with van der Waals surface area (Å²) in [6, 6.07) is 7.81. The number of carbonyl (C=O) groups excluding carboxylic acids is 1. The van der Waals surface area contributed by atoms with Crippen molar-refractivity contribution < 1.29 is 22.4 Å². The van der Waals surface area contributed by atoms with Crippen LogP contribution in [0.2, 0.25) is 0 Å². The lowest BCUT2D eigenvalue weighted by molar-refractivity contribution is -0.137. The van der Waals surface area contributed by atoms with Gasteiger partial charge in [0.2, 0.25) is 0 Å². The van der Waals surface area contributed by atoms with Gasteiger partial charge in [0.15, 0.2) is 8.99 Å². The van der Waals surface area contributed by atoms with Crippen LogP contribution in [0.25, 0.3) is 6.08 Å². The summed E-state index contributed by atoms with van der Waals surface area (Å²) in [7, 11) is 0. The van der Waals surface area contributed by atoms with Crippen molar-refractivity contribution in [3.63, 3.8) is 0 Å². The molecule has 0 saturated carbocycles. The second-order valence-electron chi connectivity index (χ2n) is 4.71. The number of alkyl halides is 3. The predicted octanol–water partition coefficient (Wildman–Crippen LogP) is 5.47. The number of furan rings is 1. The summed E-state index contributed by atoms with van der Waals surface area (Å²) in [6.45, 7) is 0. The number of anilines is 1. The Bertz CT molecular complexity index is 860. The molecule has 0 radical (unpaired) electrons. The highest BCUT2D eigenvalue weighted by Crippen LogP contribution is 2.38. The van der Waals surface area contributed by atoms with Crippen molar-refractivity contribution in [1.82, 2.24) is 0 Å². The molecule has 1 aromatic carbocycles. The number of thioether (sulfide) groups is 1. The molecule has 9 heteroatoms. The van der Waals surface area contributed by atoms with E-state index in [-0.39, 0.29) is 14.9 Å². The lowest BCUT2D eigenvalue weighted by Crippen LogP contribution is -2.27. The molecule has 3 nitrogen and oxygen atoms in total. The number of benzene rings is 1. The normalized spacial score (nSPS) is 17.2. The van der Waals surface area contributed by atoms with Crippen molar-refractivity contribution in [3.8, 4) is 0 Å². The van der Waals surface area contributed by atoms with Crippen LogP contribution in [0.15, 0.2) is 50.4 Å². The first kappa shape index (κ1) is 17.2. The second-order valence-corrected chi connectivity index (χ2v) is 7.16. The Labute approximate surface area is 152 Å². The summed E-state index contributed by atoms with van der Waals surface area (Å²) < 4.78 is 44.5. The van der Waals surface area contributed by atoms with Gasteiger partial charge >= 0.3 is 6.18 Å². The Morgan fingerprint density at radius 3 is 2.62 bits per heavy atom. The fraction of sp³-hybridized carbons (Fsp3) is 0.0667. The first-order valence-electron chi connectivity index (χ1n) is 6.46. The zero-order valence-electron chi connectivity index (χ0n) is 11.6. The fourth-order valence-electron chi connectivity index (χ4n) is 2.05. The maximum atomic E-state index is 12.8. The molecule has 124 valence electrons. The van der Waals surface area contributed by atoms with Crippen LogP contribution in [0.4, 0.5) is 18.9 Å². The van der Waals surface area contributed by atoms with Crippen molar-refractivity contribution in [3.05, 3.63) is 57.3 Å². The van der Waals surface area contributed by atoms with E-state index in [1.807, 2.05) is 0 Å². The molecule has 2 aromatic rings. The minimum Gasteiger partial charge on any atom is -0.450 e. The largest absolute Gasteiger partial charge is 0.450 e. The molecular formula is C15H7BrF3NO2S2. The molecule has 1 amide bonds. The molecule has 2 heterocycles. The zero-order chi connectivity index (χ0) is 17.5. The van der Waals surface area contributed by atoms with E-state index in [9.17, 15) is 18.0 Å². The van der Waals surface area contributed by atoms with Crippen LogP contribution < -0.4 is 4.90 Å². The number of nitrogens with zero attached hydrogens (tertiary/aromatic N) is 1. The Kier molecular flexibility index (Phi) is 4.58. The molecule has 1 aliphatic rings. The van der Waals surface area contributed by atoms with Gasteiger partial charge in [0.05, 0.1) is 16.2 Å². The number of thiocarbonyl (C=S) groups is 1. The Hall–Kier alpha value is -1.58. The Balaban J connectivity index is 1.94. The smallest absolute Gasteiger partial charge is 0.416 e. The number of hydrogen-bond acceptors (Lipinski definition) is 4. The highest BCUT2D eigenvalue weighted by atomic mass is 79.9. The first-order chi connectivity index (χ1) is 11.3. The molecular weight excluding hydrogens is 427 g/mol. The SMILES string of the molecule is O=C1/C(=C\c2ccc(Br)o2)SC(=S)N1c1cccc(C(F)(F)F)c1. The third-order valence-corrected chi connectivity index (χ3v) is 4.82. The summed E-state index contributed by atoms with van der Waals surface area (Å²) >= 11 is 9.30. The zero-order valence-corrected chi connectivity index (χ0v) is 14.9. The molecule has 0 bridgehead atoms. The van der Waals surface area contributed by atoms with Gasteiger partial charge in [-0.05, 0) is 46.3 Å². The van der Waals surface area contributed by atoms with E-state index in [4.69, 9.17) is 16.6 Å². The van der Waals surface area contributed by atoms with Crippen molar-refractivity contribution in [2.75, 3.05) is 4.90 Å². The van der Waals surface area contributed by atoms with Gasteiger partial charge in [-0.15, -0.1) is 0 Å². The average molecular weight is 434 g/mol. The van der Waals surface area contributed by atoms with Gasteiger partial charge in [-0.3, -0.25) is 9.69 Å². The molecule has 0 unspecified atom stereocenters. The first-order valence-corrected chi connectivity index (χ1v) is 8.48. The van der Waals surface area contributed by atoms with Gasteiger partial charge in [0.1, 0.15) is 5.76 Å². The van der Waals surface area contributed by atoms with Gasteiger partial charge in [-0.25, -0.2) is 0 Å². The molecule has 0 aliphatic carbocycles. The van der Waals surface area contributed by atoms with Crippen molar-refractivity contribution >= 4 is 61.9 Å². The number of rotatable bonds is 2. The van der Waals surface area contributed by atoms with Crippen LogP contribution >= 0.6 is 39.9 Å². The summed E-state index contributed by atoms with van der Waals surface area (Å²) in [4.78, 5) is 13.9. The topological polar surface area (TPSA) is 33.5 Å². The molecule has 0 atom stereocenters. The fourth-order valence-corrected chi connectivity index (χ4v) is 3.64. The number of halogens is 4. The van der Waals surface area contributed by atoms with E-state index < -0.39 is 17.6 Å². The van der Waals surface area contributed by atoms with Crippen LogP contribution in [0.3, 0.4) is 0 Å². The van der Waals surface area contributed by atoms with Crippen LogP contribution in [0.1, 0.15) is 11.3 Å². The Morgan fingerprint density at radius 2 is 2.00 bits per heavy atom. The summed E-state index contributed by atoms with van der Waals surface area (Å²) in [5.74, 6) is -0.0525. The lowest BCUT2D eigenvalue weighted by atomic mass is 10.2. The quantitative estimate of drug-likeness (QED) is 0.464. The van der Waals surface area contributed by atoms with Crippen molar-refractivity contribution in [1.29, 1.82) is 0 Å². The molecule has 1 fully saturated rings. The second kappa shape index (κ2) is 6.38. The molecule has 0 spiro atoms. The molecule has 3 rings (SSSR count). The Morgan fingerprint density at radius 1 is 1.25 bits per heavy atom. The minimum atomic E-state index is -4.49. The summed E-state index contributed by atoms with van der Waals surface area (Å²) in [5.41, 5.74) is -0.760. The average Bonchev–Trinajstić information content (AvgIpc) is 3.02. The molecule has 1 aliphatic heterocycles. The number of amides is 1. The lowest BCUT2D eigenvalue weighted by Gasteiger charge is -2.16. The van der Waals surface area contributed by atoms with Crippen LogP contribution in [-0.4, -0.2) is 10.2 Å². The minimum absolute atomic E-state index is 0.0800. The predicted molar refractivity (Wildman–Crippen MR) is 93.5 cm³/mol. The van der Waals surface area contributed by atoms with E-state index in [2.05, 4.69) is 15.9 Å². The third-order valence-electron chi connectivity index (χ3n) is 3.09. The summed E-state index contributed by atoms with van der Waals surface area (Å²) in [6.07, 6.45) is -3.00. The van der Waals surface area contributed by atoms with Gasteiger partial charge in [0.25, 0.3) is 5.91 Å².